The average Bonchev–Trinajstić information content (AvgIpc) is 3.59. The molecule has 22 nitrogen and oxygen atoms in total. The Hall–Kier alpha value is -5.65. The number of benzene rings is 1. The van der Waals surface area contributed by atoms with Crippen molar-refractivity contribution < 1.29 is 88.9 Å². The normalized spacial score (nSPS) is 12.2. The minimum absolute atomic E-state index is 0.0132. The highest BCUT2D eigenvalue weighted by atomic mass is 19.2. The molecule has 422 valence electrons. The second-order valence-electron chi connectivity index (χ2n) is 16.0. The van der Waals surface area contributed by atoms with Crippen LogP contribution in [-0.4, -0.2) is 189 Å². The van der Waals surface area contributed by atoms with E-state index in [1.54, 1.807) is 30.7 Å². The van der Waals surface area contributed by atoms with Crippen LogP contribution < -0.4 is 15.8 Å². The van der Waals surface area contributed by atoms with Gasteiger partial charge in [0.15, 0.2) is 11.6 Å². The van der Waals surface area contributed by atoms with Gasteiger partial charge in [0.25, 0.3) is 5.91 Å². The summed E-state index contributed by atoms with van der Waals surface area (Å²) in [6, 6.07) is 1.78. The third kappa shape index (κ3) is 25.0. The fraction of sp³-hybridized carbons (Fsp3) is 0.580. The molecule has 1 aromatic carbocycles. The number of aliphatic imine (C=N–C) groups is 1. The predicted molar refractivity (Wildman–Crippen MR) is 264 cm³/mol. The van der Waals surface area contributed by atoms with E-state index in [2.05, 4.69) is 30.0 Å². The summed E-state index contributed by atoms with van der Waals surface area (Å²) in [4.78, 5) is 60.6. The minimum Gasteiger partial charge on any atom is -0.420 e. The SMILES string of the molecule is CCCN(OCC)C(=O)C1=Cc2cnc(-c3cnc(CNC(=O)CCOCCOCCOCCOCCOCCOCCOCCOCCOCCOCCC(=O)Oc4c(F)c(F)cc(F)c4F)nc3)cc2N=C(N)C1. The van der Waals surface area contributed by atoms with Crippen LogP contribution in [0.3, 0.4) is 0 Å². The minimum atomic E-state index is -1.80. The van der Waals surface area contributed by atoms with Crippen molar-refractivity contribution >= 4 is 35.4 Å². The molecule has 4 rings (SSSR count). The molecule has 0 fully saturated rings. The number of nitrogens with two attached hydrogens (primary N) is 1. The standard InChI is InChI=1S/C50H69F4N7O15/c1-3-7-61(75-4-2)50(64)36-28-37-32-56-41(31-42(37)60-43(55)29-36)38-33-57-44(58-34-38)35-59-45(62)5-8-65-10-12-67-14-16-69-18-20-71-22-24-73-26-27-74-25-23-72-21-19-70-17-15-68-13-11-66-9-6-46(63)76-49-47(53)39(51)30-40(52)48(49)54/h28,30-34H,3-27,29,35H2,1-2H3,(H2,55,60)(H,59,62). The van der Waals surface area contributed by atoms with Crippen molar-refractivity contribution in [2.45, 2.75) is 46.1 Å². The quantitative estimate of drug-likeness (QED) is 0.0201. The number of hydrogen-bond acceptors (Lipinski definition) is 20. The van der Waals surface area contributed by atoms with Crippen LogP contribution in [0.25, 0.3) is 17.3 Å². The molecule has 3 N–H and O–H groups in total. The van der Waals surface area contributed by atoms with Gasteiger partial charge in [-0.15, -0.1) is 0 Å². The monoisotopic (exact) mass is 1080 g/mol. The van der Waals surface area contributed by atoms with Crippen LogP contribution in [-0.2, 0) is 73.1 Å². The maximum absolute atomic E-state index is 13.6. The molecule has 0 unspecified atom stereocenters. The Labute approximate surface area is 438 Å². The molecule has 26 heteroatoms. The molecule has 0 saturated carbocycles. The Balaban J connectivity index is 0.854. The van der Waals surface area contributed by atoms with E-state index in [0.29, 0.717) is 152 Å². The van der Waals surface area contributed by atoms with Crippen LogP contribution in [0.5, 0.6) is 5.75 Å². The van der Waals surface area contributed by atoms with E-state index in [-0.39, 0.29) is 70.3 Å². The lowest BCUT2D eigenvalue weighted by Crippen LogP contribution is -2.34. The van der Waals surface area contributed by atoms with Crippen LogP contribution in [0.2, 0.25) is 0 Å². The molecule has 3 heterocycles. The number of carbonyl (C=O) groups excluding carboxylic acids is 3. The van der Waals surface area contributed by atoms with E-state index in [9.17, 15) is 31.9 Å². The van der Waals surface area contributed by atoms with E-state index in [4.69, 9.17) is 57.9 Å². The first-order valence-corrected chi connectivity index (χ1v) is 24.9. The second kappa shape index (κ2) is 38.0. The number of amides is 2. The van der Waals surface area contributed by atoms with E-state index in [1.165, 1.54) is 5.06 Å². The van der Waals surface area contributed by atoms with Crippen molar-refractivity contribution in [3.05, 3.63) is 71.0 Å². The van der Waals surface area contributed by atoms with Crippen molar-refractivity contribution in [1.29, 1.82) is 0 Å². The Bertz CT molecular complexity index is 2220. The van der Waals surface area contributed by atoms with Crippen LogP contribution in [0, 0.1) is 23.3 Å². The molecule has 0 bridgehead atoms. The molecule has 0 spiro atoms. The molecule has 0 saturated heterocycles. The van der Waals surface area contributed by atoms with Crippen molar-refractivity contribution in [2.24, 2.45) is 10.7 Å². The number of pyridine rings is 1. The molecule has 1 aliphatic heterocycles. The van der Waals surface area contributed by atoms with Crippen LogP contribution in [0.15, 0.2) is 41.3 Å². The lowest BCUT2D eigenvalue weighted by atomic mass is 10.1. The maximum Gasteiger partial charge on any atom is 0.313 e. The van der Waals surface area contributed by atoms with E-state index < -0.39 is 41.4 Å². The van der Waals surface area contributed by atoms with Crippen molar-refractivity contribution in [3.8, 4) is 17.0 Å². The van der Waals surface area contributed by atoms with Crippen molar-refractivity contribution in [1.82, 2.24) is 25.3 Å². The fourth-order valence-corrected chi connectivity index (χ4v) is 6.38. The first kappa shape index (κ1) is 62.9. The van der Waals surface area contributed by atoms with Crippen LogP contribution in [0.4, 0.5) is 23.2 Å². The number of halogens is 4. The largest absolute Gasteiger partial charge is 0.420 e. The number of ether oxygens (including phenoxy) is 11. The highest BCUT2D eigenvalue weighted by Crippen LogP contribution is 2.30. The van der Waals surface area contributed by atoms with Crippen molar-refractivity contribution in [3.63, 3.8) is 0 Å². The van der Waals surface area contributed by atoms with Gasteiger partial charge in [0, 0.05) is 60.7 Å². The van der Waals surface area contributed by atoms with Gasteiger partial charge in [-0.25, -0.2) is 28.8 Å². The molecule has 3 aromatic rings. The zero-order valence-corrected chi connectivity index (χ0v) is 43.0. The molecular formula is C50H69F4N7O15. The smallest absolute Gasteiger partial charge is 0.313 e. The number of hydroxylamine groups is 2. The predicted octanol–water partition coefficient (Wildman–Crippen LogP) is 4.23. The lowest BCUT2D eigenvalue weighted by molar-refractivity contribution is -0.180. The van der Waals surface area contributed by atoms with Gasteiger partial charge in [0.1, 0.15) is 11.7 Å². The molecule has 76 heavy (non-hydrogen) atoms. The number of hydrogen-bond donors (Lipinski definition) is 2. The Kier molecular flexibility index (Phi) is 31.4. The third-order valence-electron chi connectivity index (χ3n) is 10.1. The number of carbonyl (C=O) groups is 3. The van der Waals surface area contributed by atoms with E-state index in [1.807, 2.05) is 13.8 Å². The summed E-state index contributed by atoms with van der Waals surface area (Å²) in [5.74, 6) is -9.29. The Morgan fingerprint density at radius 2 is 1.08 bits per heavy atom. The summed E-state index contributed by atoms with van der Waals surface area (Å²) in [7, 11) is 0. The van der Waals surface area contributed by atoms with Gasteiger partial charge in [-0.05, 0) is 25.5 Å². The van der Waals surface area contributed by atoms with Gasteiger partial charge in [-0.2, -0.15) is 8.78 Å². The Morgan fingerprint density at radius 1 is 0.618 bits per heavy atom. The highest BCUT2D eigenvalue weighted by molar-refractivity contribution is 6.05. The van der Waals surface area contributed by atoms with Crippen LogP contribution in [0.1, 0.15) is 50.9 Å². The van der Waals surface area contributed by atoms with Gasteiger partial charge >= 0.3 is 5.97 Å². The number of amidine groups is 1. The molecular weight excluding hydrogens is 1010 g/mol. The van der Waals surface area contributed by atoms with Crippen LogP contribution >= 0.6 is 0 Å². The summed E-state index contributed by atoms with van der Waals surface area (Å²) in [6.45, 7) is 11.2. The van der Waals surface area contributed by atoms with Gasteiger partial charge in [-0.3, -0.25) is 24.2 Å². The number of rotatable bonds is 42. The zero-order chi connectivity index (χ0) is 54.6. The van der Waals surface area contributed by atoms with Gasteiger partial charge < -0.3 is 63.2 Å². The Morgan fingerprint density at radius 3 is 1.54 bits per heavy atom. The first-order valence-electron chi connectivity index (χ1n) is 24.9. The molecule has 2 amide bonds. The maximum atomic E-state index is 13.6. The van der Waals surface area contributed by atoms with Gasteiger partial charge in [0.05, 0.1) is 163 Å². The summed E-state index contributed by atoms with van der Waals surface area (Å²) >= 11 is 0. The van der Waals surface area contributed by atoms with Crippen molar-refractivity contribution in [2.75, 3.05) is 145 Å². The topological polar surface area (TPSA) is 254 Å². The summed E-state index contributed by atoms with van der Waals surface area (Å²) in [5.41, 5.74) is 9.09. The van der Waals surface area contributed by atoms with E-state index >= 15 is 0 Å². The molecule has 0 aliphatic carbocycles. The van der Waals surface area contributed by atoms with Gasteiger partial charge in [0.2, 0.25) is 23.3 Å². The lowest BCUT2D eigenvalue weighted by Gasteiger charge is -2.21. The second-order valence-corrected chi connectivity index (χ2v) is 16.0. The number of nitrogens with zero attached hydrogens (tertiary/aromatic N) is 5. The number of esters is 1. The number of aromatic nitrogens is 3. The highest BCUT2D eigenvalue weighted by Gasteiger charge is 2.24. The summed E-state index contributed by atoms with van der Waals surface area (Å²) < 4.78 is 112. The first-order chi connectivity index (χ1) is 37.0. The summed E-state index contributed by atoms with van der Waals surface area (Å²) in [5, 5.41) is 4.14. The average molecular weight is 1080 g/mol. The third-order valence-corrected chi connectivity index (χ3v) is 10.1. The van der Waals surface area contributed by atoms with Gasteiger partial charge in [-0.1, -0.05) is 6.92 Å². The summed E-state index contributed by atoms with van der Waals surface area (Å²) in [6.07, 6.45) is 7.27. The molecule has 2 aromatic heterocycles. The molecule has 0 radical (unpaired) electrons. The number of nitrogens with one attached hydrogen (secondary N) is 1. The molecule has 0 atom stereocenters. The van der Waals surface area contributed by atoms with E-state index in [0.717, 1.165) is 6.42 Å². The fourth-order valence-electron chi connectivity index (χ4n) is 6.38. The molecule has 1 aliphatic rings. The number of fused-ring (bicyclic) bond motifs is 1. The zero-order valence-electron chi connectivity index (χ0n) is 43.0.